The number of nitrogen functional groups attached to an aromatic ring is 1. The lowest BCUT2D eigenvalue weighted by Crippen LogP contribution is -2.23. The molecule has 6 aromatic carbocycles. The van der Waals surface area contributed by atoms with E-state index in [1.807, 2.05) is 19.6 Å². The lowest BCUT2D eigenvalue weighted by Gasteiger charge is -2.09. The minimum absolute atomic E-state index is 0.00644. The van der Waals surface area contributed by atoms with Gasteiger partial charge in [-0.15, -0.1) is 4.78 Å². The van der Waals surface area contributed by atoms with Crippen LogP contribution in [0.2, 0.25) is 19.6 Å². The Bertz CT molecular complexity index is 5390. The Morgan fingerprint density at radius 1 is 0.534 bits per heavy atom. The molecule has 2 aliphatic carbocycles. The predicted molar refractivity (Wildman–Crippen MR) is 370 cm³/mol. The van der Waals surface area contributed by atoms with Crippen LogP contribution in [0.25, 0.3) is 38.9 Å². The van der Waals surface area contributed by atoms with Crippen molar-refractivity contribution in [3.63, 3.8) is 0 Å². The molecule has 103 heavy (non-hydrogen) atoms. The van der Waals surface area contributed by atoms with Crippen LogP contribution < -0.4 is 34.2 Å². The average Bonchev–Trinajstić information content (AvgIpc) is 1.67. The topological polar surface area (TPSA) is 453 Å². The Labute approximate surface area is 610 Å². The lowest BCUT2D eigenvalue weighted by molar-refractivity contribution is -0.387. The van der Waals surface area contributed by atoms with Crippen molar-refractivity contribution in [2.75, 3.05) is 5.73 Å². The van der Waals surface area contributed by atoms with Gasteiger partial charge in [0.15, 0.2) is 0 Å². The minimum Gasteiger partial charge on any atom is -0.396 e. The van der Waals surface area contributed by atoms with Crippen molar-refractivity contribution >= 4 is 106 Å². The second-order valence-corrected chi connectivity index (χ2v) is 30.5. The van der Waals surface area contributed by atoms with Crippen molar-refractivity contribution in [2.24, 2.45) is 33.0 Å². The molecule has 0 bridgehead atoms. The molecule has 3 N–H and O–H groups in total. The lowest BCUT2D eigenvalue weighted by atomic mass is 10.1. The van der Waals surface area contributed by atoms with Crippen LogP contribution in [0.4, 0.5) is 43.4 Å². The first-order chi connectivity index (χ1) is 48.4. The number of hydrogen-bond acceptors (Lipinski definition) is 22. The Morgan fingerprint density at radius 2 is 0.893 bits per heavy atom. The Balaban J connectivity index is 0.000000171. The number of nitrogens with one attached hydrogen (secondary N) is 1. The zero-order valence-corrected chi connectivity index (χ0v) is 61.8. The molecule has 13 rings (SSSR count). The van der Waals surface area contributed by atoms with Crippen LogP contribution in [0.1, 0.15) is 59.0 Å². The second-order valence-electron chi connectivity index (χ2n) is 22.2. The Morgan fingerprint density at radius 3 is 1.23 bits per heavy atom. The van der Waals surface area contributed by atoms with Gasteiger partial charge in [0.2, 0.25) is 11.6 Å². The number of nitrogens with zero attached hydrogens (tertiary/aromatic N) is 24. The fourth-order valence-electron chi connectivity index (χ4n) is 8.24. The molecule has 0 spiro atoms. The van der Waals surface area contributed by atoms with Gasteiger partial charge in [-0.05, 0) is 265 Å². The number of carbonyl (C=O) groups excluding carboxylic acids is 1. The number of halogens is 11. The van der Waals surface area contributed by atoms with Gasteiger partial charge in [0.25, 0.3) is 5.24 Å². The highest BCUT2D eigenvalue weighted by Crippen LogP contribution is 2.45. The fourth-order valence-corrected chi connectivity index (χ4v) is 10.8. The van der Waals surface area contributed by atoms with E-state index in [1.54, 1.807) is 0 Å². The van der Waals surface area contributed by atoms with E-state index in [4.69, 9.17) is 22.9 Å². The van der Waals surface area contributed by atoms with Gasteiger partial charge in [0.1, 0.15) is 31.5 Å². The summed E-state index contributed by atoms with van der Waals surface area (Å²) in [6.07, 6.45) is 3.70. The van der Waals surface area contributed by atoms with E-state index in [0.717, 1.165) is 97.6 Å². The molecule has 11 aromatic rings. The monoisotopic (exact) mass is 1730 g/mol. The van der Waals surface area contributed by atoms with Crippen LogP contribution in [-0.2, 0) is 28.2 Å². The van der Waals surface area contributed by atoms with E-state index in [1.165, 1.54) is 94.9 Å². The Kier molecular flexibility index (Phi) is 26.5. The number of anilines is 1. The number of H-pyrrole nitrogens is 1. The molecule has 0 atom stereocenters. The van der Waals surface area contributed by atoms with E-state index < -0.39 is 80.9 Å². The number of aryl methyl sites for hydroxylation is 4. The van der Waals surface area contributed by atoms with Gasteiger partial charge in [-0.2, -0.15) is 50.9 Å². The maximum Gasteiger partial charge on any atom is 0.368 e. The van der Waals surface area contributed by atoms with Gasteiger partial charge in [-0.25, -0.2) is 46.6 Å². The van der Waals surface area contributed by atoms with E-state index in [2.05, 4.69) is 131 Å². The first-order valence-corrected chi connectivity index (χ1v) is 35.7. The molecule has 2 aliphatic rings. The van der Waals surface area contributed by atoms with E-state index in [9.17, 15) is 75.3 Å². The minimum atomic E-state index is -1.45. The quantitative estimate of drug-likeness (QED) is 0.0140. The van der Waals surface area contributed by atoms with Crippen molar-refractivity contribution in [3.05, 3.63) is 244 Å². The number of nitrogens with two attached hydrogens (primary N) is 1. The van der Waals surface area contributed by atoms with Crippen molar-refractivity contribution in [1.29, 1.82) is 0 Å². The number of nitro groups is 2. The maximum absolute atomic E-state index is 13.7. The van der Waals surface area contributed by atoms with Gasteiger partial charge >= 0.3 is 39.8 Å². The third kappa shape index (κ3) is 20.5. The summed E-state index contributed by atoms with van der Waals surface area (Å²) in [6.45, 7) is 5.98. The molecule has 0 saturated heterocycles. The molecule has 2 saturated carbocycles. The summed E-state index contributed by atoms with van der Waals surface area (Å²) in [5.74, 6) is -3.17. The summed E-state index contributed by atoms with van der Waals surface area (Å²) < 4.78 is 92.7. The molecule has 540 valence electrons. The predicted octanol–water partition coefficient (Wildman–Crippen LogP) is 9.05. The largest absolute Gasteiger partial charge is 0.396 e. The van der Waals surface area contributed by atoms with Gasteiger partial charge in [-0.1, -0.05) is 19.6 Å². The standard InChI is InChI=1S/C11H10FN5O3.C11H12FN5O.C8H5BrFN5O3.C8H6BrFN4O.C7H3BrClFO.C7H4BrFN4O.C3H9N3Si/c1-15-11(18)16(14-13-15)9-5-10(17(19)20)8(12)4-7(9)6-2-3-6;1-16-11(18)17(15-14-16)10-5-9(13)8(12)4-7(10)6-2-3-6;1-13-8(16)14(12-11-13)6-3-7(15(17)18)5(10)2-4(6)9;1-13-8(15)14(12-11-13)7-3-2-5(10)4-6(7)9;8-6-3-4(10)1-2-5(6)7(9)11;8-5-3-4(9)1-2-6(5)13-7(14)10-11-12-13;1-7(2,3)6-5-4/h4-6H,2-3H2,1H3;4-6H,2-3,13H2,1H3;2-3H,1H3;2-4H,1H3;1-3H;1-3H,(H,10,12,14);1-3H3. The van der Waals surface area contributed by atoms with Crippen LogP contribution >= 0.6 is 75.3 Å². The van der Waals surface area contributed by atoms with Crippen molar-refractivity contribution < 1.29 is 41.0 Å². The number of hydrogen-bond donors (Lipinski definition) is 2. The highest BCUT2D eigenvalue weighted by molar-refractivity contribution is 9.11. The van der Waals surface area contributed by atoms with Gasteiger partial charge < -0.3 is 5.73 Å². The van der Waals surface area contributed by atoms with E-state index in [-0.39, 0.29) is 56.1 Å². The van der Waals surface area contributed by atoms with Crippen LogP contribution in [0.3, 0.4) is 0 Å². The summed E-state index contributed by atoms with van der Waals surface area (Å²) in [6, 6.07) is 18.4. The first kappa shape index (κ1) is 79.6. The van der Waals surface area contributed by atoms with E-state index >= 15 is 0 Å². The summed E-state index contributed by atoms with van der Waals surface area (Å²) in [4.78, 5) is 91.0. The highest BCUT2D eigenvalue weighted by Gasteiger charge is 2.32. The molecule has 2 fully saturated rings. The number of benzene rings is 6. The zero-order chi connectivity index (χ0) is 76.2. The third-order valence-corrected chi connectivity index (χ3v) is 16.9. The molecular weight excluding hydrogens is 1680 g/mol. The molecule has 0 aliphatic heterocycles. The highest BCUT2D eigenvalue weighted by atomic mass is 79.9. The summed E-state index contributed by atoms with van der Waals surface area (Å²) in [7, 11) is 4.34. The number of rotatable bonds is 11. The molecule has 0 unspecified atom stereocenters. The molecule has 0 radical (unpaired) electrons. The van der Waals surface area contributed by atoms with Crippen molar-refractivity contribution in [1.82, 2.24) is 99.4 Å². The fraction of sp³-hybridized carbons (Fsp3) is 0.236. The Hall–Kier alpha value is -10.7. The number of tetrazole rings is 5. The van der Waals surface area contributed by atoms with E-state index in [0.29, 0.717) is 36.0 Å². The van der Waals surface area contributed by atoms with Crippen molar-refractivity contribution in [2.45, 2.75) is 57.2 Å². The summed E-state index contributed by atoms with van der Waals surface area (Å²) >= 11 is 17.5. The number of carbonyl (C=O) groups is 1. The third-order valence-electron chi connectivity index (χ3n) is 13.5. The SMILES string of the molecule is C[Si](C)(C)N=[N+]=[N-].Cn1nnn(-c2cc(N)c(F)cc2C2CC2)c1=O.Cn1nnn(-c2cc([N+](=O)[O-])c(F)cc2Br)c1=O.Cn1nnn(-c2cc([N+](=O)[O-])c(F)cc2C2CC2)c1=O.Cn1nnn(-c2ccc(F)cc2Br)c1=O.O=C(Cl)c1ccc(F)cc1Br.O=c1[nH]nnn1-c1ccc(F)cc1Br. The normalized spacial score (nSPS) is 12.0. The van der Waals surface area contributed by atoms with Crippen molar-refractivity contribution in [3.8, 4) is 28.4 Å². The van der Waals surface area contributed by atoms with Gasteiger partial charge in [0.05, 0.1) is 44.0 Å². The number of aromatic amines is 1. The molecule has 5 aromatic heterocycles. The second kappa shape index (κ2) is 34.3. The van der Waals surface area contributed by atoms with Crippen LogP contribution in [0.15, 0.2) is 138 Å². The maximum atomic E-state index is 13.7. The van der Waals surface area contributed by atoms with Crippen LogP contribution in [0.5, 0.6) is 0 Å². The van der Waals surface area contributed by atoms with Crippen LogP contribution in [-0.4, -0.2) is 123 Å². The van der Waals surface area contributed by atoms with Crippen LogP contribution in [0, 0.1) is 55.1 Å². The number of aromatic nitrogens is 20. The smallest absolute Gasteiger partial charge is 0.368 e. The van der Waals surface area contributed by atoms with Gasteiger partial charge in [-0.3, -0.25) is 25.0 Å². The molecular formula is C55H49Br4ClF6N26O10Si. The zero-order valence-electron chi connectivity index (χ0n) is 53.7. The molecule has 5 heterocycles. The molecule has 36 nitrogen and oxygen atoms in total. The first-order valence-electron chi connectivity index (χ1n) is 28.7. The summed E-state index contributed by atoms with van der Waals surface area (Å²) in [5.41, 5.74) is 12.9. The molecule has 48 heteroatoms. The molecule has 0 amide bonds. The summed E-state index contributed by atoms with van der Waals surface area (Å²) in [5, 5.41) is 58.7. The van der Waals surface area contributed by atoms with Gasteiger partial charge in [0, 0.05) is 63.8 Å². The number of azide groups is 1. The number of nitro benzene ring substituents is 2. The average molecular weight is 1730 g/mol.